The van der Waals surface area contributed by atoms with Crippen LogP contribution in [0.25, 0.3) is 0 Å². The van der Waals surface area contributed by atoms with Gasteiger partial charge in [0.05, 0.1) is 5.69 Å². The predicted octanol–water partition coefficient (Wildman–Crippen LogP) is 2.72. The van der Waals surface area contributed by atoms with Crippen LogP contribution >= 0.6 is 11.3 Å². The van der Waals surface area contributed by atoms with Crippen molar-refractivity contribution in [3.63, 3.8) is 0 Å². The van der Waals surface area contributed by atoms with E-state index in [1.165, 1.54) is 23.5 Å². The van der Waals surface area contributed by atoms with Gasteiger partial charge in [-0.25, -0.2) is 4.98 Å². The standard InChI is InChI=1S/C12H12N2O2S/c1-7-8(2)17-12(13-7)14-11(16)9-4-3-5-10(15)6-9/h3-6,15H,1-2H3,(H,13,14,16). The van der Waals surface area contributed by atoms with Gasteiger partial charge in [0.1, 0.15) is 5.75 Å². The van der Waals surface area contributed by atoms with E-state index in [1.807, 2.05) is 13.8 Å². The number of aromatic nitrogens is 1. The molecule has 5 heteroatoms. The van der Waals surface area contributed by atoms with Crippen LogP contribution in [0, 0.1) is 13.8 Å². The first-order valence-electron chi connectivity index (χ1n) is 5.10. The first kappa shape index (κ1) is 11.6. The molecule has 1 aromatic heterocycles. The number of benzene rings is 1. The zero-order valence-corrected chi connectivity index (χ0v) is 10.3. The van der Waals surface area contributed by atoms with Gasteiger partial charge in [0.25, 0.3) is 5.91 Å². The molecule has 2 N–H and O–H groups in total. The summed E-state index contributed by atoms with van der Waals surface area (Å²) in [6, 6.07) is 6.21. The van der Waals surface area contributed by atoms with E-state index >= 15 is 0 Å². The number of anilines is 1. The number of phenolic OH excluding ortho intramolecular Hbond substituents is 1. The molecule has 0 fully saturated rings. The number of amides is 1. The number of aromatic hydroxyl groups is 1. The fraction of sp³-hybridized carbons (Fsp3) is 0.167. The van der Waals surface area contributed by atoms with E-state index in [9.17, 15) is 9.90 Å². The second-order valence-electron chi connectivity index (χ2n) is 3.67. The smallest absolute Gasteiger partial charge is 0.257 e. The Balaban J connectivity index is 2.17. The predicted molar refractivity (Wildman–Crippen MR) is 67.6 cm³/mol. The van der Waals surface area contributed by atoms with Crippen LogP contribution in [0.15, 0.2) is 24.3 Å². The minimum atomic E-state index is -0.269. The van der Waals surface area contributed by atoms with E-state index in [-0.39, 0.29) is 11.7 Å². The Kier molecular flexibility index (Phi) is 3.10. The SMILES string of the molecule is Cc1nc(NC(=O)c2cccc(O)c2)sc1C. The maximum absolute atomic E-state index is 11.8. The van der Waals surface area contributed by atoms with Gasteiger partial charge in [-0.2, -0.15) is 0 Å². The van der Waals surface area contributed by atoms with E-state index in [0.717, 1.165) is 10.6 Å². The van der Waals surface area contributed by atoms with E-state index in [0.29, 0.717) is 10.7 Å². The molecule has 4 nitrogen and oxygen atoms in total. The molecule has 88 valence electrons. The molecule has 0 aliphatic carbocycles. The first-order valence-corrected chi connectivity index (χ1v) is 5.92. The summed E-state index contributed by atoms with van der Waals surface area (Å²) in [5.74, 6) is -0.196. The summed E-state index contributed by atoms with van der Waals surface area (Å²) < 4.78 is 0. The molecule has 0 aliphatic rings. The maximum atomic E-state index is 11.8. The molecule has 0 saturated heterocycles. The Morgan fingerprint density at radius 3 is 2.76 bits per heavy atom. The van der Waals surface area contributed by atoms with Crippen LogP contribution in [0.1, 0.15) is 20.9 Å². The lowest BCUT2D eigenvalue weighted by Gasteiger charge is -2.01. The fourth-order valence-corrected chi connectivity index (χ4v) is 2.15. The van der Waals surface area contributed by atoms with Crippen molar-refractivity contribution in [2.75, 3.05) is 5.32 Å². The molecule has 17 heavy (non-hydrogen) atoms. The fourth-order valence-electron chi connectivity index (χ4n) is 1.34. The quantitative estimate of drug-likeness (QED) is 0.859. The average Bonchev–Trinajstić information content (AvgIpc) is 2.58. The number of phenols is 1. The zero-order valence-electron chi connectivity index (χ0n) is 9.52. The highest BCUT2D eigenvalue weighted by Crippen LogP contribution is 2.22. The molecule has 2 aromatic rings. The number of rotatable bonds is 2. The van der Waals surface area contributed by atoms with E-state index < -0.39 is 0 Å². The second-order valence-corrected chi connectivity index (χ2v) is 4.87. The van der Waals surface area contributed by atoms with E-state index in [1.54, 1.807) is 12.1 Å². The lowest BCUT2D eigenvalue weighted by molar-refractivity contribution is 0.102. The summed E-state index contributed by atoms with van der Waals surface area (Å²) in [4.78, 5) is 17.1. The van der Waals surface area contributed by atoms with Gasteiger partial charge in [0, 0.05) is 10.4 Å². The monoisotopic (exact) mass is 248 g/mol. The second kappa shape index (κ2) is 4.55. The van der Waals surface area contributed by atoms with Gasteiger partial charge in [0.2, 0.25) is 0 Å². The molecular formula is C12H12N2O2S. The van der Waals surface area contributed by atoms with Crippen LogP contribution < -0.4 is 5.32 Å². The van der Waals surface area contributed by atoms with Gasteiger partial charge < -0.3 is 5.11 Å². The summed E-state index contributed by atoms with van der Waals surface area (Å²) in [5, 5.41) is 12.6. The number of carbonyl (C=O) groups is 1. The molecule has 1 aromatic carbocycles. The van der Waals surface area contributed by atoms with Gasteiger partial charge in [-0.15, -0.1) is 11.3 Å². The van der Waals surface area contributed by atoms with Gasteiger partial charge in [0.15, 0.2) is 5.13 Å². The van der Waals surface area contributed by atoms with Gasteiger partial charge in [-0.05, 0) is 32.0 Å². The summed E-state index contributed by atoms with van der Waals surface area (Å²) in [7, 11) is 0. The summed E-state index contributed by atoms with van der Waals surface area (Å²) in [6.45, 7) is 3.85. The Morgan fingerprint density at radius 2 is 2.18 bits per heavy atom. The third-order valence-electron chi connectivity index (χ3n) is 2.36. The lowest BCUT2D eigenvalue weighted by Crippen LogP contribution is -2.11. The molecule has 0 unspecified atom stereocenters. The normalized spacial score (nSPS) is 10.2. The number of nitrogens with one attached hydrogen (secondary N) is 1. The van der Waals surface area contributed by atoms with Crippen LogP contribution in [0.5, 0.6) is 5.75 Å². The molecule has 0 spiro atoms. The number of carbonyl (C=O) groups excluding carboxylic acids is 1. The van der Waals surface area contributed by atoms with Crippen LogP contribution in [0.3, 0.4) is 0 Å². The van der Waals surface area contributed by atoms with Gasteiger partial charge in [-0.1, -0.05) is 6.07 Å². The van der Waals surface area contributed by atoms with E-state index in [2.05, 4.69) is 10.3 Å². The number of hydrogen-bond acceptors (Lipinski definition) is 4. The van der Waals surface area contributed by atoms with Crippen molar-refractivity contribution in [1.29, 1.82) is 0 Å². The van der Waals surface area contributed by atoms with Crippen molar-refractivity contribution < 1.29 is 9.90 Å². The Labute approximate surface area is 103 Å². The molecule has 0 saturated carbocycles. The van der Waals surface area contributed by atoms with Gasteiger partial charge >= 0.3 is 0 Å². The Morgan fingerprint density at radius 1 is 1.41 bits per heavy atom. The minimum absolute atomic E-state index is 0.0733. The Hall–Kier alpha value is -1.88. The van der Waals surface area contributed by atoms with Crippen molar-refractivity contribution >= 4 is 22.4 Å². The molecule has 1 amide bonds. The van der Waals surface area contributed by atoms with Crippen molar-refractivity contribution in [3.05, 3.63) is 40.4 Å². The minimum Gasteiger partial charge on any atom is -0.508 e. The molecular weight excluding hydrogens is 236 g/mol. The topological polar surface area (TPSA) is 62.2 Å². The van der Waals surface area contributed by atoms with Crippen molar-refractivity contribution in [3.8, 4) is 5.75 Å². The first-order chi connectivity index (χ1) is 8.06. The largest absolute Gasteiger partial charge is 0.508 e. The molecule has 0 aliphatic heterocycles. The third-order valence-corrected chi connectivity index (χ3v) is 3.35. The molecule has 0 radical (unpaired) electrons. The molecule has 1 heterocycles. The highest BCUT2D eigenvalue weighted by atomic mass is 32.1. The maximum Gasteiger partial charge on any atom is 0.257 e. The van der Waals surface area contributed by atoms with Crippen LogP contribution in [0.2, 0.25) is 0 Å². The van der Waals surface area contributed by atoms with E-state index in [4.69, 9.17) is 0 Å². The number of nitrogens with zero attached hydrogens (tertiary/aromatic N) is 1. The Bertz CT molecular complexity index is 544. The van der Waals surface area contributed by atoms with Crippen molar-refractivity contribution in [2.45, 2.75) is 13.8 Å². The molecule has 0 bridgehead atoms. The highest BCUT2D eigenvalue weighted by molar-refractivity contribution is 7.15. The molecule has 2 rings (SSSR count). The zero-order chi connectivity index (χ0) is 12.4. The van der Waals surface area contributed by atoms with Crippen molar-refractivity contribution in [1.82, 2.24) is 4.98 Å². The highest BCUT2D eigenvalue weighted by Gasteiger charge is 2.10. The van der Waals surface area contributed by atoms with Crippen LogP contribution in [0.4, 0.5) is 5.13 Å². The number of thiazole rings is 1. The van der Waals surface area contributed by atoms with Crippen LogP contribution in [-0.2, 0) is 0 Å². The number of aryl methyl sites for hydroxylation is 2. The lowest BCUT2D eigenvalue weighted by atomic mass is 10.2. The van der Waals surface area contributed by atoms with Gasteiger partial charge in [-0.3, -0.25) is 10.1 Å². The van der Waals surface area contributed by atoms with Crippen molar-refractivity contribution in [2.24, 2.45) is 0 Å². The van der Waals surface area contributed by atoms with Crippen LogP contribution in [-0.4, -0.2) is 16.0 Å². The third kappa shape index (κ3) is 2.62. The summed E-state index contributed by atoms with van der Waals surface area (Å²) >= 11 is 1.44. The average molecular weight is 248 g/mol. The summed E-state index contributed by atoms with van der Waals surface area (Å²) in [6.07, 6.45) is 0. The molecule has 0 atom stereocenters. The number of hydrogen-bond donors (Lipinski definition) is 2. The summed E-state index contributed by atoms with van der Waals surface area (Å²) in [5.41, 5.74) is 1.33.